The summed E-state index contributed by atoms with van der Waals surface area (Å²) in [4.78, 5) is 19.4. The largest absolute Gasteiger partial charge is 0.329 e. The van der Waals surface area contributed by atoms with Crippen molar-refractivity contribution in [3.8, 4) is 5.69 Å². The Bertz CT molecular complexity index is 929. The molecule has 1 unspecified atom stereocenters. The molecule has 1 saturated carbocycles. The monoisotopic (exact) mass is 344 g/mol. The number of benzene rings is 2. The average molecular weight is 344 g/mol. The molecule has 1 fully saturated rings. The lowest BCUT2D eigenvalue weighted by molar-refractivity contribution is 0.0658. The summed E-state index contributed by atoms with van der Waals surface area (Å²) in [6.07, 6.45) is 7.47. The number of nitrogens with zero attached hydrogens (tertiary/aromatic N) is 4. The Labute approximate surface area is 152 Å². The van der Waals surface area contributed by atoms with Gasteiger partial charge in [0.2, 0.25) is 0 Å². The molecule has 5 nitrogen and oxygen atoms in total. The lowest BCUT2D eigenvalue weighted by Gasteiger charge is -2.30. The van der Waals surface area contributed by atoms with Crippen LogP contribution in [0.2, 0.25) is 0 Å². The van der Waals surface area contributed by atoms with Crippen LogP contribution in [0.1, 0.15) is 46.8 Å². The van der Waals surface area contributed by atoms with E-state index >= 15 is 0 Å². The molecule has 0 spiro atoms. The highest BCUT2D eigenvalue weighted by Gasteiger charge is 2.40. The molecule has 26 heavy (non-hydrogen) atoms. The van der Waals surface area contributed by atoms with E-state index in [-0.39, 0.29) is 11.9 Å². The second-order valence-corrected chi connectivity index (χ2v) is 7.08. The van der Waals surface area contributed by atoms with E-state index in [1.165, 1.54) is 17.5 Å². The highest BCUT2D eigenvalue weighted by atomic mass is 16.2. The summed E-state index contributed by atoms with van der Waals surface area (Å²) in [5.41, 5.74) is 4.36. The minimum atomic E-state index is 0.138. The first-order valence-electron chi connectivity index (χ1n) is 9.17. The molecule has 5 heteroatoms. The minimum absolute atomic E-state index is 0.138. The zero-order chi connectivity index (χ0) is 17.5. The lowest BCUT2D eigenvalue weighted by Crippen LogP contribution is -2.36. The molecule has 1 amide bonds. The zero-order valence-corrected chi connectivity index (χ0v) is 14.5. The van der Waals surface area contributed by atoms with Crippen LogP contribution in [0.3, 0.4) is 0 Å². The summed E-state index contributed by atoms with van der Waals surface area (Å²) >= 11 is 0. The highest BCUT2D eigenvalue weighted by Crippen LogP contribution is 2.42. The van der Waals surface area contributed by atoms with Gasteiger partial charge < -0.3 is 4.90 Å². The molecule has 2 aliphatic carbocycles. The summed E-state index contributed by atoms with van der Waals surface area (Å²) in [5.74, 6) is 0.138. The van der Waals surface area contributed by atoms with Gasteiger partial charge in [-0.1, -0.05) is 24.3 Å². The molecule has 5 rings (SSSR count). The SMILES string of the molecule is O=C(c1ccc(-n2cncn2)cc1)N(C1CC1)C1CCc2ccccc21. The number of aromatic nitrogens is 3. The van der Waals surface area contributed by atoms with Crippen LogP contribution in [0.4, 0.5) is 0 Å². The maximum atomic E-state index is 13.3. The topological polar surface area (TPSA) is 51.0 Å². The molecule has 2 aliphatic rings. The summed E-state index contributed by atoms with van der Waals surface area (Å²) < 4.78 is 1.69. The first-order chi connectivity index (χ1) is 12.8. The van der Waals surface area contributed by atoms with E-state index in [4.69, 9.17) is 0 Å². The van der Waals surface area contributed by atoms with Crippen LogP contribution in [0.25, 0.3) is 5.69 Å². The third kappa shape index (κ3) is 2.60. The Hall–Kier alpha value is -2.95. The summed E-state index contributed by atoms with van der Waals surface area (Å²) in [6.45, 7) is 0. The van der Waals surface area contributed by atoms with Crippen LogP contribution in [-0.2, 0) is 6.42 Å². The van der Waals surface area contributed by atoms with E-state index in [2.05, 4.69) is 39.2 Å². The standard InChI is InChI=1S/C21H20N4O/c26-21(16-5-8-17(9-6-16)24-14-22-13-23-24)25(18-10-11-18)20-12-7-15-3-1-2-4-19(15)20/h1-6,8-9,13-14,18,20H,7,10-12H2. The average Bonchev–Trinajstić information content (AvgIpc) is 3.20. The first-order valence-corrected chi connectivity index (χ1v) is 9.17. The lowest BCUT2D eigenvalue weighted by atomic mass is 10.0. The van der Waals surface area contributed by atoms with E-state index in [0.29, 0.717) is 6.04 Å². The van der Waals surface area contributed by atoms with Gasteiger partial charge in [0.15, 0.2) is 0 Å². The van der Waals surface area contributed by atoms with Gasteiger partial charge in [-0.15, -0.1) is 0 Å². The molecule has 0 bridgehead atoms. The Morgan fingerprint density at radius 2 is 1.85 bits per heavy atom. The van der Waals surface area contributed by atoms with Crippen LogP contribution < -0.4 is 0 Å². The molecule has 130 valence electrons. The zero-order valence-electron chi connectivity index (χ0n) is 14.5. The third-order valence-corrected chi connectivity index (χ3v) is 5.41. The normalized spacial score (nSPS) is 18.5. The van der Waals surface area contributed by atoms with Crippen molar-refractivity contribution in [1.82, 2.24) is 19.7 Å². The molecular weight excluding hydrogens is 324 g/mol. The van der Waals surface area contributed by atoms with Gasteiger partial charge in [0, 0.05) is 11.6 Å². The van der Waals surface area contributed by atoms with Crippen molar-refractivity contribution in [2.45, 2.75) is 37.8 Å². The van der Waals surface area contributed by atoms with Gasteiger partial charge in [-0.2, -0.15) is 5.10 Å². The number of carbonyl (C=O) groups excluding carboxylic acids is 1. The first kappa shape index (κ1) is 15.3. The van der Waals surface area contributed by atoms with Gasteiger partial charge in [-0.05, 0) is 61.1 Å². The van der Waals surface area contributed by atoms with Crippen LogP contribution in [0, 0.1) is 0 Å². The van der Waals surface area contributed by atoms with Gasteiger partial charge in [-0.25, -0.2) is 9.67 Å². The van der Waals surface area contributed by atoms with Gasteiger partial charge in [-0.3, -0.25) is 4.79 Å². The molecular formula is C21H20N4O. The van der Waals surface area contributed by atoms with Crippen LogP contribution in [-0.4, -0.2) is 31.6 Å². The van der Waals surface area contributed by atoms with E-state index in [0.717, 1.165) is 36.9 Å². The van der Waals surface area contributed by atoms with Gasteiger partial charge >= 0.3 is 0 Å². The minimum Gasteiger partial charge on any atom is -0.329 e. The number of aryl methyl sites for hydroxylation is 1. The molecule has 0 saturated heterocycles. The predicted molar refractivity (Wildman–Crippen MR) is 98.1 cm³/mol. The van der Waals surface area contributed by atoms with Crippen molar-refractivity contribution < 1.29 is 4.79 Å². The number of hydrogen-bond acceptors (Lipinski definition) is 3. The molecule has 0 radical (unpaired) electrons. The number of rotatable bonds is 4. The van der Waals surface area contributed by atoms with Crippen LogP contribution >= 0.6 is 0 Å². The summed E-state index contributed by atoms with van der Waals surface area (Å²) in [7, 11) is 0. The van der Waals surface area contributed by atoms with Gasteiger partial charge in [0.05, 0.1) is 11.7 Å². The Kier molecular flexibility index (Phi) is 3.59. The van der Waals surface area contributed by atoms with Crippen molar-refractivity contribution in [3.05, 3.63) is 77.9 Å². The molecule has 1 atom stereocenters. The highest BCUT2D eigenvalue weighted by molar-refractivity contribution is 5.95. The van der Waals surface area contributed by atoms with Crippen molar-refractivity contribution in [1.29, 1.82) is 0 Å². The second kappa shape index (κ2) is 6.09. The number of carbonyl (C=O) groups is 1. The fourth-order valence-electron chi connectivity index (χ4n) is 3.99. The molecule has 1 heterocycles. The van der Waals surface area contributed by atoms with E-state index in [1.54, 1.807) is 11.0 Å². The quantitative estimate of drug-likeness (QED) is 0.727. The van der Waals surface area contributed by atoms with Crippen LogP contribution in [0.5, 0.6) is 0 Å². The maximum Gasteiger partial charge on any atom is 0.254 e. The number of fused-ring (bicyclic) bond motifs is 1. The molecule has 0 aliphatic heterocycles. The predicted octanol–water partition coefficient (Wildman–Crippen LogP) is 3.56. The Morgan fingerprint density at radius 1 is 1.04 bits per heavy atom. The summed E-state index contributed by atoms with van der Waals surface area (Å²) in [6, 6.07) is 16.8. The van der Waals surface area contributed by atoms with E-state index in [9.17, 15) is 4.79 Å². The van der Waals surface area contributed by atoms with Crippen molar-refractivity contribution >= 4 is 5.91 Å². The molecule has 3 aromatic rings. The molecule has 1 aromatic heterocycles. The molecule has 2 aromatic carbocycles. The maximum absolute atomic E-state index is 13.3. The summed E-state index contributed by atoms with van der Waals surface area (Å²) in [5, 5.41) is 4.13. The molecule has 0 N–H and O–H groups in total. The second-order valence-electron chi connectivity index (χ2n) is 7.08. The van der Waals surface area contributed by atoms with E-state index < -0.39 is 0 Å². The van der Waals surface area contributed by atoms with Crippen LogP contribution in [0.15, 0.2) is 61.2 Å². The van der Waals surface area contributed by atoms with Crippen molar-refractivity contribution in [3.63, 3.8) is 0 Å². The van der Waals surface area contributed by atoms with Gasteiger partial charge in [0.25, 0.3) is 5.91 Å². The van der Waals surface area contributed by atoms with Crippen molar-refractivity contribution in [2.75, 3.05) is 0 Å². The fourth-order valence-corrected chi connectivity index (χ4v) is 3.99. The third-order valence-electron chi connectivity index (χ3n) is 5.41. The van der Waals surface area contributed by atoms with Gasteiger partial charge in [0.1, 0.15) is 12.7 Å². The van der Waals surface area contributed by atoms with E-state index in [1.807, 2.05) is 24.3 Å². The smallest absolute Gasteiger partial charge is 0.254 e. The number of amides is 1. The number of hydrogen-bond donors (Lipinski definition) is 0. The Morgan fingerprint density at radius 3 is 2.58 bits per heavy atom. The Balaban J connectivity index is 1.44. The van der Waals surface area contributed by atoms with Crippen molar-refractivity contribution in [2.24, 2.45) is 0 Å². The fraction of sp³-hybridized carbons (Fsp3) is 0.286.